The van der Waals surface area contributed by atoms with E-state index in [2.05, 4.69) is 15.4 Å². The standard InChI is InChI=1S/C10H17F3N2O2.ClH/c1-9(2-3-14-6-9)8(16)15-4-5-17-7-10(11,12)13;/h14H,2-7H2,1H3,(H,15,16);1H. The van der Waals surface area contributed by atoms with Gasteiger partial charge in [-0.3, -0.25) is 4.79 Å². The van der Waals surface area contributed by atoms with E-state index in [-0.39, 0.29) is 31.5 Å². The number of halogens is 4. The zero-order chi connectivity index (χ0) is 12.9. The van der Waals surface area contributed by atoms with E-state index in [1.54, 1.807) is 0 Å². The van der Waals surface area contributed by atoms with Gasteiger partial charge in [0.1, 0.15) is 6.61 Å². The molecule has 1 saturated heterocycles. The number of alkyl halides is 3. The van der Waals surface area contributed by atoms with Gasteiger partial charge in [0.25, 0.3) is 0 Å². The maximum absolute atomic E-state index is 11.7. The van der Waals surface area contributed by atoms with Crippen LogP contribution in [0.3, 0.4) is 0 Å². The zero-order valence-electron chi connectivity index (χ0n) is 10.1. The van der Waals surface area contributed by atoms with Crippen LogP contribution in [-0.2, 0) is 9.53 Å². The predicted molar refractivity (Wildman–Crippen MR) is 62.7 cm³/mol. The minimum Gasteiger partial charge on any atom is -0.370 e. The van der Waals surface area contributed by atoms with E-state index in [1.165, 1.54) is 0 Å². The van der Waals surface area contributed by atoms with Crippen LogP contribution in [0.5, 0.6) is 0 Å². The molecule has 8 heteroatoms. The first-order valence-electron chi connectivity index (χ1n) is 5.47. The van der Waals surface area contributed by atoms with Crippen molar-refractivity contribution in [2.75, 3.05) is 32.8 Å². The number of nitrogens with one attached hydrogen (secondary N) is 2. The minimum absolute atomic E-state index is 0. The molecule has 1 heterocycles. The van der Waals surface area contributed by atoms with Gasteiger partial charge in [0.15, 0.2) is 0 Å². The Bertz CT molecular complexity index is 268. The van der Waals surface area contributed by atoms with Crippen LogP contribution in [0.1, 0.15) is 13.3 Å². The third-order valence-corrected chi connectivity index (χ3v) is 2.71. The van der Waals surface area contributed by atoms with Gasteiger partial charge in [0.2, 0.25) is 5.91 Å². The van der Waals surface area contributed by atoms with Gasteiger partial charge in [-0.1, -0.05) is 0 Å². The Kier molecular flexibility index (Phi) is 6.94. The van der Waals surface area contributed by atoms with Crippen molar-refractivity contribution in [3.05, 3.63) is 0 Å². The van der Waals surface area contributed by atoms with Crippen molar-refractivity contribution in [2.45, 2.75) is 19.5 Å². The van der Waals surface area contributed by atoms with E-state index in [0.717, 1.165) is 13.0 Å². The van der Waals surface area contributed by atoms with Crippen LogP contribution in [0.25, 0.3) is 0 Å². The van der Waals surface area contributed by atoms with Crippen molar-refractivity contribution in [2.24, 2.45) is 5.41 Å². The van der Waals surface area contributed by atoms with Gasteiger partial charge in [-0.25, -0.2) is 0 Å². The molecule has 1 aliphatic rings. The van der Waals surface area contributed by atoms with Gasteiger partial charge < -0.3 is 15.4 Å². The second-order valence-electron chi connectivity index (χ2n) is 4.41. The van der Waals surface area contributed by atoms with Crippen molar-refractivity contribution in [1.29, 1.82) is 0 Å². The predicted octanol–water partition coefficient (Wildman–Crippen LogP) is 1.10. The minimum atomic E-state index is -4.31. The Morgan fingerprint density at radius 1 is 1.50 bits per heavy atom. The fourth-order valence-electron chi connectivity index (χ4n) is 1.65. The lowest BCUT2D eigenvalue weighted by Crippen LogP contribution is -2.41. The maximum atomic E-state index is 11.7. The highest BCUT2D eigenvalue weighted by Crippen LogP contribution is 2.24. The lowest BCUT2D eigenvalue weighted by atomic mass is 9.89. The summed E-state index contributed by atoms with van der Waals surface area (Å²) in [6.07, 6.45) is -3.58. The number of carbonyl (C=O) groups excluding carboxylic acids is 1. The third-order valence-electron chi connectivity index (χ3n) is 2.71. The fraction of sp³-hybridized carbons (Fsp3) is 0.900. The van der Waals surface area contributed by atoms with E-state index < -0.39 is 18.2 Å². The maximum Gasteiger partial charge on any atom is 0.411 e. The zero-order valence-corrected chi connectivity index (χ0v) is 10.9. The van der Waals surface area contributed by atoms with Gasteiger partial charge in [0.05, 0.1) is 12.0 Å². The van der Waals surface area contributed by atoms with Crippen LogP contribution in [0.15, 0.2) is 0 Å². The van der Waals surface area contributed by atoms with Crippen LogP contribution >= 0.6 is 12.4 Å². The van der Waals surface area contributed by atoms with Crippen LogP contribution in [-0.4, -0.2) is 44.9 Å². The summed E-state index contributed by atoms with van der Waals surface area (Å²) in [6.45, 7) is 1.91. The first-order chi connectivity index (χ1) is 7.83. The highest BCUT2D eigenvalue weighted by Gasteiger charge is 2.35. The molecule has 1 atom stereocenters. The van der Waals surface area contributed by atoms with E-state index in [4.69, 9.17) is 0 Å². The van der Waals surface area contributed by atoms with Crippen LogP contribution in [0, 0.1) is 5.41 Å². The van der Waals surface area contributed by atoms with Crippen molar-refractivity contribution < 1.29 is 22.7 Å². The smallest absolute Gasteiger partial charge is 0.370 e. The molecule has 0 spiro atoms. The summed E-state index contributed by atoms with van der Waals surface area (Å²) in [7, 11) is 0. The largest absolute Gasteiger partial charge is 0.411 e. The van der Waals surface area contributed by atoms with Crippen LogP contribution < -0.4 is 10.6 Å². The second kappa shape index (κ2) is 7.16. The normalized spacial score (nSPS) is 23.6. The summed E-state index contributed by atoms with van der Waals surface area (Å²) in [4.78, 5) is 11.7. The molecule has 0 aromatic heterocycles. The molecule has 1 fully saturated rings. The van der Waals surface area contributed by atoms with E-state index in [0.29, 0.717) is 6.54 Å². The molecule has 0 aromatic carbocycles. The molecular weight excluding hydrogens is 273 g/mol. The van der Waals surface area contributed by atoms with Crippen LogP contribution in [0.4, 0.5) is 13.2 Å². The van der Waals surface area contributed by atoms with E-state index in [1.807, 2.05) is 6.92 Å². The molecule has 2 N–H and O–H groups in total. The molecule has 108 valence electrons. The molecule has 4 nitrogen and oxygen atoms in total. The molecule has 1 amide bonds. The second-order valence-corrected chi connectivity index (χ2v) is 4.41. The number of hydrogen-bond donors (Lipinski definition) is 2. The average molecular weight is 291 g/mol. The van der Waals surface area contributed by atoms with Gasteiger partial charge in [0, 0.05) is 13.1 Å². The lowest BCUT2D eigenvalue weighted by molar-refractivity contribution is -0.173. The summed E-state index contributed by atoms with van der Waals surface area (Å²) in [6, 6.07) is 0. The van der Waals surface area contributed by atoms with Gasteiger partial charge in [-0.05, 0) is 19.9 Å². The molecule has 0 aliphatic carbocycles. The molecule has 1 rings (SSSR count). The fourth-order valence-corrected chi connectivity index (χ4v) is 1.65. The average Bonchev–Trinajstić information content (AvgIpc) is 2.64. The summed E-state index contributed by atoms with van der Waals surface area (Å²) >= 11 is 0. The number of carbonyl (C=O) groups is 1. The quantitative estimate of drug-likeness (QED) is 0.746. The van der Waals surface area contributed by atoms with E-state index >= 15 is 0 Å². The van der Waals surface area contributed by atoms with Gasteiger partial charge in [-0.2, -0.15) is 13.2 Å². The Balaban J connectivity index is 0.00000289. The third kappa shape index (κ3) is 5.88. The van der Waals surface area contributed by atoms with Crippen LogP contribution in [0.2, 0.25) is 0 Å². The molecule has 0 bridgehead atoms. The SMILES string of the molecule is CC1(C(=O)NCCOCC(F)(F)F)CCNC1.Cl. The van der Waals surface area contributed by atoms with Gasteiger partial charge in [-0.15, -0.1) is 12.4 Å². The molecule has 1 aliphatic heterocycles. The molecule has 1 unspecified atom stereocenters. The number of ether oxygens (including phenoxy) is 1. The van der Waals surface area contributed by atoms with Crippen molar-refractivity contribution >= 4 is 18.3 Å². The Morgan fingerprint density at radius 2 is 2.17 bits per heavy atom. The Labute approximate surface area is 110 Å². The van der Waals surface area contributed by atoms with Gasteiger partial charge >= 0.3 is 6.18 Å². The first-order valence-corrected chi connectivity index (χ1v) is 5.47. The summed E-state index contributed by atoms with van der Waals surface area (Å²) < 4.78 is 39.6. The highest BCUT2D eigenvalue weighted by molar-refractivity contribution is 5.85. The number of amides is 1. The number of hydrogen-bond acceptors (Lipinski definition) is 3. The molecule has 0 aromatic rings. The first kappa shape index (κ1) is 17.5. The van der Waals surface area contributed by atoms with Crippen molar-refractivity contribution in [3.8, 4) is 0 Å². The van der Waals surface area contributed by atoms with E-state index in [9.17, 15) is 18.0 Å². The van der Waals surface area contributed by atoms with Crippen molar-refractivity contribution in [3.63, 3.8) is 0 Å². The highest BCUT2D eigenvalue weighted by atomic mass is 35.5. The summed E-state index contributed by atoms with van der Waals surface area (Å²) in [5.41, 5.74) is -0.454. The Hall–Kier alpha value is -0.530. The molecular formula is C10H18ClF3N2O2. The topological polar surface area (TPSA) is 50.4 Å². The van der Waals surface area contributed by atoms with Crippen molar-refractivity contribution in [1.82, 2.24) is 10.6 Å². The molecule has 18 heavy (non-hydrogen) atoms. The molecule has 0 saturated carbocycles. The summed E-state index contributed by atoms with van der Waals surface area (Å²) in [5, 5.41) is 5.65. The molecule has 0 radical (unpaired) electrons. The number of rotatable bonds is 5. The Morgan fingerprint density at radius 3 is 2.67 bits per heavy atom. The lowest BCUT2D eigenvalue weighted by Gasteiger charge is -2.21. The monoisotopic (exact) mass is 290 g/mol. The summed E-state index contributed by atoms with van der Waals surface area (Å²) in [5.74, 6) is -0.141.